The maximum Gasteiger partial charge on any atom is 0.374 e. The van der Waals surface area contributed by atoms with Gasteiger partial charge in [0.15, 0.2) is 0 Å². The van der Waals surface area contributed by atoms with Crippen LogP contribution in [0.3, 0.4) is 0 Å². The van der Waals surface area contributed by atoms with E-state index in [4.69, 9.17) is 9.52 Å². The summed E-state index contributed by atoms with van der Waals surface area (Å²) in [7, 11) is 1.28. The molecule has 1 N–H and O–H groups in total. The molecule has 0 unspecified atom stereocenters. The third kappa shape index (κ3) is 1.48. The Morgan fingerprint density at radius 2 is 2.42 bits per heavy atom. The number of hydrogen-bond donors (Lipinski definition) is 1. The fourth-order valence-electron chi connectivity index (χ4n) is 0.921. The van der Waals surface area contributed by atoms with E-state index in [-0.39, 0.29) is 12.4 Å². The minimum absolute atomic E-state index is 0.154. The van der Waals surface area contributed by atoms with Crippen LogP contribution in [0.5, 0.6) is 0 Å². The van der Waals surface area contributed by atoms with Gasteiger partial charge < -0.3 is 14.3 Å². The van der Waals surface area contributed by atoms with Gasteiger partial charge in [0.05, 0.1) is 7.11 Å². The Hall–Kier alpha value is -1.29. The Bertz CT molecular complexity index is 287. The molecule has 1 aromatic rings. The minimum Gasteiger partial charge on any atom is -0.463 e. The summed E-state index contributed by atoms with van der Waals surface area (Å²) in [5.41, 5.74) is 0.672. The summed E-state index contributed by atoms with van der Waals surface area (Å²) in [6, 6.07) is 1.60. The van der Waals surface area contributed by atoms with Crippen molar-refractivity contribution < 1.29 is 19.1 Å². The van der Waals surface area contributed by atoms with Crippen molar-refractivity contribution in [2.24, 2.45) is 0 Å². The normalized spacial score (nSPS) is 9.92. The Balaban J connectivity index is 2.99. The van der Waals surface area contributed by atoms with Gasteiger partial charge in [-0.25, -0.2) is 4.79 Å². The molecule has 0 aliphatic heterocycles. The highest BCUT2D eigenvalue weighted by atomic mass is 16.5. The number of rotatable bonds is 2. The largest absolute Gasteiger partial charge is 0.463 e. The maximum absolute atomic E-state index is 11.0. The SMILES string of the molecule is COC(=O)c1oc(CO)cc1C. The number of hydrogen-bond acceptors (Lipinski definition) is 4. The van der Waals surface area contributed by atoms with Crippen LogP contribution in [0, 0.1) is 6.92 Å². The maximum atomic E-state index is 11.0. The third-order valence-electron chi connectivity index (χ3n) is 1.50. The van der Waals surface area contributed by atoms with Crippen LogP contribution < -0.4 is 0 Å². The lowest BCUT2D eigenvalue weighted by molar-refractivity contribution is 0.0559. The standard InChI is InChI=1S/C8H10O4/c1-5-3-6(4-9)12-7(5)8(10)11-2/h3,9H,4H2,1-2H3. The van der Waals surface area contributed by atoms with Gasteiger partial charge >= 0.3 is 5.97 Å². The summed E-state index contributed by atoms with van der Waals surface area (Å²) in [4.78, 5) is 11.0. The van der Waals surface area contributed by atoms with Crippen LogP contribution in [0.25, 0.3) is 0 Å². The zero-order valence-electron chi connectivity index (χ0n) is 6.96. The van der Waals surface area contributed by atoms with Crippen LogP contribution in [0.1, 0.15) is 21.9 Å². The molecule has 0 radical (unpaired) electrons. The number of esters is 1. The molecule has 12 heavy (non-hydrogen) atoms. The first-order valence-electron chi connectivity index (χ1n) is 3.47. The van der Waals surface area contributed by atoms with E-state index in [0.29, 0.717) is 11.3 Å². The highest BCUT2D eigenvalue weighted by Crippen LogP contribution is 2.15. The van der Waals surface area contributed by atoms with Crippen LogP contribution in [0.4, 0.5) is 0 Å². The highest BCUT2D eigenvalue weighted by molar-refractivity contribution is 5.87. The number of aliphatic hydroxyl groups is 1. The molecule has 1 aromatic heterocycles. The molecule has 0 bridgehead atoms. The van der Waals surface area contributed by atoms with Gasteiger partial charge in [-0.3, -0.25) is 0 Å². The lowest BCUT2D eigenvalue weighted by Crippen LogP contribution is -2.00. The quantitative estimate of drug-likeness (QED) is 0.669. The molecule has 0 aliphatic carbocycles. The van der Waals surface area contributed by atoms with Gasteiger partial charge in [0.1, 0.15) is 12.4 Å². The highest BCUT2D eigenvalue weighted by Gasteiger charge is 2.15. The van der Waals surface area contributed by atoms with Crippen molar-refractivity contribution in [2.45, 2.75) is 13.5 Å². The van der Waals surface area contributed by atoms with E-state index in [9.17, 15) is 4.79 Å². The molecule has 0 aromatic carbocycles. The number of furan rings is 1. The van der Waals surface area contributed by atoms with E-state index in [1.807, 2.05) is 0 Å². The van der Waals surface area contributed by atoms with E-state index < -0.39 is 5.97 Å². The zero-order valence-corrected chi connectivity index (χ0v) is 6.96. The topological polar surface area (TPSA) is 59.7 Å². The fraction of sp³-hybridized carbons (Fsp3) is 0.375. The number of aliphatic hydroxyl groups excluding tert-OH is 1. The molecular weight excluding hydrogens is 160 g/mol. The predicted octanol–water partition coefficient (Wildman–Crippen LogP) is 0.867. The molecule has 0 aliphatic rings. The number of methoxy groups -OCH3 is 1. The van der Waals surface area contributed by atoms with Gasteiger partial charge in [0.25, 0.3) is 0 Å². The molecule has 1 rings (SSSR count). The van der Waals surface area contributed by atoms with Crippen molar-refractivity contribution in [1.82, 2.24) is 0 Å². The Morgan fingerprint density at radius 1 is 1.75 bits per heavy atom. The van der Waals surface area contributed by atoms with E-state index in [1.165, 1.54) is 7.11 Å². The van der Waals surface area contributed by atoms with Gasteiger partial charge in [0.2, 0.25) is 5.76 Å². The van der Waals surface area contributed by atoms with Gasteiger partial charge in [-0.2, -0.15) is 0 Å². The van der Waals surface area contributed by atoms with E-state index in [0.717, 1.165) is 0 Å². The molecule has 0 fully saturated rings. The van der Waals surface area contributed by atoms with Crippen molar-refractivity contribution in [3.63, 3.8) is 0 Å². The summed E-state index contributed by atoms with van der Waals surface area (Å²) < 4.78 is 9.45. The molecular formula is C8H10O4. The van der Waals surface area contributed by atoms with Crippen LogP contribution in [0.15, 0.2) is 10.5 Å². The summed E-state index contributed by atoms with van der Waals surface area (Å²) in [5, 5.41) is 8.68. The van der Waals surface area contributed by atoms with E-state index in [2.05, 4.69) is 4.74 Å². The van der Waals surface area contributed by atoms with Gasteiger partial charge in [-0.15, -0.1) is 0 Å². The van der Waals surface area contributed by atoms with Gasteiger partial charge in [0, 0.05) is 5.56 Å². The summed E-state index contributed by atoms with van der Waals surface area (Å²) >= 11 is 0. The molecule has 0 spiro atoms. The Morgan fingerprint density at radius 3 is 2.83 bits per heavy atom. The molecule has 1 heterocycles. The molecule has 0 atom stereocenters. The monoisotopic (exact) mass is 170 g/mol. The first-order chi connectivity index (χ1) is 5.69. The molecule has 66 valence electrons. The van der Waals surface area contributed by atoms with Crippen LogP contribution in [0.2, 0.25) is 0 Å². The van der Waals surface area contributed by atoms with Crippen molar-refractivity contribution in [3.05, 3.63) is 23.2 Å². The average molecular weight is 170 g/mol. The number of aryl methyl sites for hydroxylation is 1. The van der Waals surface area contributed by atoms with Gasteiger partial charge in [-0.05, 0) is 13.0 Å². The smallest absolute Gasteiger partial charge is 0.374 e. The van der Waals surface area contributed by atoms with Crippen molar-refractivity contribution in [2.75, 3.05) is 7.11 Å². The van der Waals surface area contributed by atoms with E-state index >= 15 is 0 Å². The number of ether oxygens (including phenoxy) is 1. The Kier molecular flexibility index (Phi) is 2.50. The average Bonchev–Trinajstić information content (AvgIpc) is 2.45. The Labute approximate surface area is 69.8 Å². The van der Waals surface area contributed by atoms with Crippen molar-refractivity contribution >= 4 is 5.97 Å². The number of carbonyl (C=O) groups is 1. The lowest BCUT2D eigenvalue weighted by Gasteiger charge is -1.94. The van der Waals surface area contributed by atoms with Crippen LogP contribution in [-0.4, -0.2) is 18.2 Å². The molecule has 0 saturated heterocycles. The molecule has 4 heteroatoms. The first kappa shape index (κ1) is 8.80. The van der Waals surface area contributed by atoms with Crippen molar-refractivity contribution in [3.8, 4) is 0 Å². The third-order valence-corrected chi connectivity index (χ3v) is 1.50. The second-order valence-electron chi connectivity index (χ2n) is 2.37. The summed E-state index contributed by atoms with van der Waals surface area (Å²) in [6.07, 6.45) is 0. The number of carbonyl (C=O) groups excluding carboxylic acids is 1. The van der Waals surface area contributed by atoms with E-state index in [1.54, 1.807) is 13.0 Å². The predicted molar refractivity (Wildman–Crippen MR) is 40.7 cm³/mol. The summed E-state index contributed by atoms with van der Waals surface area (Å²) in [5.74, 6) is 0.00153. The summed E-state index contributed by atoms with van der Waals surface area (Å²) in [6.45, 7) is 1.51. The second-order valence-corrected chi connectivity index (χ2v) is 2.37. The molecule has 0 saturated carbocycles. The van der Waals surface area contributed by atoms with Crippen LogP contribution in [-0.2, 0) is 11.3 Å². The minimum atomic E-state index is -0.521. The van der Waals surface area contributed by atoms with Crippen molar-refractivity contribution in [1.29, 1.82) is 0 Å². The van der Waals surface area contributed by atoms with Crippen LogP contribution >= 0.6 is 0 Å². The molecule has 4 nitrogen and oxygen atoms in total. The van der Waals surface area contributed by atoms with Gasteiger partial charge in [-0.1, -0.05) is 0 Å². The second kappa shape index (κ2) is 3.40. The molecule has 0 amide bonds. The fourth-order valence-corrected chi connectivity index (χ4v) is 0.921. The zero-order chi connectivity index (χ0) is 9.14. The first-order valence-corrected chi connectivity index (χ1v) is 3.47. The lowest BCUT2D eigenvalue weighted by atomic mass is 10.3.